The SMILES string of the molecule is O=C1CN(O)BCN1. The molecule has 1 fully saturated rings. The van der Waals surface area contributed by atoms with Crippen LogP contribution in [0.2, 0.25) is 0 Å². The van der Waals surface area contributed by atoms with Crippen molar-refractivity contribution in [2.45, 2.75) is 0 Å². The number of rotatable bonds is 0. The van der Waals surface area contributed by atoms with Crippen molar-refractivity contribution in [2.24, 2.45) is 0 Å². The number of carbonyl (C=O) groups excluding carboxylic acids is 1. The van der Waals surface area contributed by atoms with E-state index in [4.69, 9.17) is 5.21 Å². The molecule has 0 aromatic rings. The molecule has 0 bridgehead atoms. The van der Waals surface area contributed by atoms with Gasteiger partial charge in [-0.3, -0.25) is 4.79 Å². The zero-order chi connectivity index (χ0) is 5.98. The topological polar surface area (TPSA) is 52.6 Å². The van der Waals surface area contributed by atoms with Gasteiger partial charge in [0.2, 0.25) is 5.91 Å². The Morgan fingerprint density at radius 2 is 2.62 bits per heavy atom. The maximum absolute atomic E-state index is 10.4. The predicted molar refractivity (Wildman–Crippen MR) is 28.7 cm³/mol. The van der Waals surface area contributed by atoms with Gasteiger partial charge in [-0.15, -0.1) is 0 Å². The van der Waals surface area contributed by atoms with E-state index in [0.29, 0.717) is 13.9 Å². The van der Waals surface area contributed by atoms with Crippen molar-refractivity contribution < 1.29 is 10.0 Å². The van der Waals surface area contributed by atoms with E-state index in [-0.39, 0.29) is 12.5 Å². The molecule has 1 heterocycles. The highest BCUT2D eigenvalue weighted by atomic mass is 16.5. The molecule has 0 saturated carbocycles. The summed E-state index contributed by atoms with van der Waals surface area (Å²) in [6, 6.07) is 0. The highest BCUT2D eigenvalue weighted by Crippen LogP contribution is 1.82. The summed E-state index contributed by atoms with van der Waals surface area (Å²) >= 11 is 0. The molecule has 0 atom stereocenters. The molecule has 1 aliphatic heterocycles. The first-order valence-electron chi connectivity index (χ1n) is 2.49. The first-order chi connectivity index (χ1) is 3.79. The fraction of sp³-hybridized carbons (Fsp3) is 0.667. The lowest BCUT2D eigenvalue weighted by atomic mass is 9.92. The summed E-state index contributed by atoms with van der Waals surface area (Å²) in [4.78, 5) is 11.4. The summed E-state index contributed by atoms with van der Waals surface area (Å²) in [7, 11) is 0.533. The van der Waals surface area contributed by atoms with Crippen LogP contribution in [0.5, 0.6) is 0 Å². The van der Waals surface area contributed by atoms with E-state index in [1.54, 1.807) is 0 Å². The quantitative estimate of drug-likeness (QED) is 0.362. The summed E-state index contributed by atoms with van der Waals surface area (Å²) in [5, 5.41) is 11.2. The Balaban J connectivity index is 2.34. The minimum atomic E-state index is -0.112. The van der Waals surface area contributed by atoms with Crippen LogP contribution in [0.25, 0.3) is 0 Å². The highest BCUT2D eigenvalue weighted by molar-refractivity contribution is 6.33. The highest BCUT2D eigenvalue weighted by Gasteiger charge is 2.13. The molecule has 0 aromatic carbocycles. The average Bonchev–Trinajstić information content (AvgIpc) is 1.64. The largest absolute Gasteiger partial charge is 0.361 e. The van der Waals surface area contributed by atoms with Gasteiger partial charge in [0.1, 0.15) is 0 Å². The van der Waals surface area contributed by atoms with Crippen LogP contribution in [-0.4, -0.2) is 36.5 Å². The summed E-state index contributed by atoms with van der Waals surface area (Å²) in [6.45, 7) is 0.111. The first-order valence-corrected chi connectivity index (χ1v) is 2.49. The van der Waals surface area contributed by atoms with Crippen molar-refractivity contribution in [3.8, 4) is 0 Å². The Kier molecular flexibility index (Phi) is 1.50. The molecule has 8 heavy (non-hydrogen) atoms. The van der Waals surface area contributed by atoms with E-state index in [2.05, 4.69) is 5.32 Å². The first kappa shape index (κ1) is 5.59. The number of hydrogen-bond donors (Lipinski definition) is 2. The van der Waals surface area contributed by atoms with Gasteiger partial charge in [-0.05, 0) is 0 Å². The third-order valence-electron chi connectivity index (χ3n) is 1.02. The van der Waals surface area contributed by atoms with E-state index in [0.717, 1.165) is 4.97 Å². The number of amides is 1. The zero-order valence-electron chi connectivity index (χ0n) is 4.42. The molecule has 0 aliphatic carbocycles. The predicted octanol–water partition coefficient (Wildman–Crippen LogP) is -1.88. The Morgan fingerprint density at radius 1 is 1.88 bits per heavy atom. The number of hydrogen-bond acceptors (Lipinski definition) is 3. The van der Waals surface area contributed by atoms with Crippen LogP contribution in [0.15, 0.2) is 0 Å². The van der Waals surface area contributed by atoms with Gasteiger partial charge >= 0.3 is 0 Å². The van der Waals surface area contributed by atoms with E-state index < -0.39 is 0 Å². The molecule has 4 nitrogen and oxygen atoms in total. The minimum Gasteiger partial charge on any atom is -0.361 e. The molecule has 1 rings (SSSR count). The maximum atomic E-state index is 10.4. The van der Waals surface area contributed by atoms with Crippen molar-refractivity contribution in [1.29, 1.82) is 0 Å². The van der Waals surface area contributed by atoms with E-state index >= 15 is 0 Å². The lowest BCUT2D eigenvalue weighted by Gasteiger charge is -2.18. The van der Waals surface area contributed by atoms with Gasteiger partial charge in [0, 0.05) is 6.44 Å². The van der Waals surface area contributed by atoms with Gasteiger partial charge in [-0.2, -0.15) is 0 Å². The van der Waals surface area contributed by atoms with E-state index in [9.17, 15) is 4.79 Å². The standard InChI is InChI=1S/C3H7BN2O2/c7-3-1-6(8)4-2-5-3/h4,8H,1-2H2,(H,5,7). The lowest BCUT2D eigenvalue weighted by Crippen LogP contribution is -2.48. The van der Waals surface area contributed by atoms with E-state index in [1.807, 2.05) is 0 Å². The number of nitrogens with zero attached hydrogens (tertiary/aromatic N) is 1. The normalized spacial score (nSPS) is 21.9. The molecule has 2 N–H and O–H groups in total. The molecule has 1 amide bonds. The van der Waals surface area contributed by atoms with Gasteiger partial charge in [0.15, 0.2) is 0 Å². The third kappa shape index (κ3) is 1.21. The summed E-state index contributed by atoms with van der Waals surface area (Å²) < 4.78 is 0. The van der Waals surface area contributed by atoms with Crippen LogP contribution in [-0.2, 0) is 4.79 Å². The van der Waals surface area contributed by atoms with Crippen LogP contribution in [0.1, 0.15) is 0 Å². The summed E-state index contributed by atoms with van der Waals surface area (Å²) in [5.41, 5.74) is 0. The molecular weight excluding hydrogens is 107 g/mol. The molecule has 5 heteroatoms. The Labute approximate surface area is 47.7 Å². The molecule has 0 radical (unpaired) electrons. The Morgan fingerprint density at radius 3 is 3.00 bits per heavy atom. The second kappa shape index (κ2) is 2.15. The molecule has 44 valence electrons. The van der Waals surface area contributed by atoms with Crippen LogP contribution < -0.4 is 5.32 Å². The van der Waals surface area contributed by atoms with Crippen molar-refractivity contribution >= 4 is 13.3 Å². The number of carbonyl (C=O) groups is 1. The Bertz CT molecular complexity index is 107. The second-order valence-electron chi connectivity index (χ2n) is 1.74. The second-order valence-corrected chi connectivity index (χ2v) is 1.74. The monoisotopic (exact) mass is 114 g/mol. The number of nitrogens with one attached hydrogen (secondary N) is 1. The zero-order valence-corrected chi connectivity index (χ0v) is 4.42. The smallest absolute Gasteiger partial charge is 0.259 e. The van der Waals surface area contributed by atoms with Gasteiger partial charge < -0.3 is 10.5 Å². The summed E-state index contributed by atoms with van der Waals surface area (Å²) in [6.07, 6.45) is 0.551. The van der Waals surface area contributed by atoms with Crippen molar-refractivity contribution in [3.05, 3.63) is 0 Å². The maximum Gasteiger partial charge on any atom is 0.259 e. The molecular formula is C3H7BN2O2. The van der Waals surface area contributed by atoms with Gasteiger partial charge in [0.25, 0.3) is 7.41 Å². The Hall–Kier alpha value is -0.545. The van der Waals surface area contributed by atoms with Crippen molar-refractivity contribution in [3.63, 3.8) is 0 Å². The fourth-order valence-electron chi connectivity index (χ4n) is 0.625. The van der Waals surface area contributed by atoms with Gasteiger partial charge in [0.05, 0.1) is 6.54 Å². The van der Waals surface area contributed by atoms with Gasteiger partial charge in [-0.25, -0.2) is 4.97 Å². The van der Waals surface area contributed by atoms with Crippen LogP contribution >= 0.6 is 0 Å². The van der Waals surface area contributed by atoms with Crippen molar-refractivity contribution in [1.82, 2.24) is 10.3 Å². The van der Waals surface area contributed by atoms with Crippen LogP contribution in [0.3, 0.4) is 0 Å². The van der Waals surface area contributed by atoms with Gasteiger partial charge in [-0.1, -0.05) is 0 Å². The fourth-order valence-corrected chi connectivity index (χ4v) is 0.625. The molecule has 0 aromatic heterocycles. The number of hydroxylamine groups is 1. The minimum absolute atomic E-state index is 0.111. The summed E-state index contributed by atoms with van der Waals surface area (Å²) in [5.74, 6) is -0.112. The van der Waals surface area contributed by atoms with Crippen LogP contribution in [0, 0.1) is 0 Å². The lowest BCUT2D eigenvalue weighted by molar-refractivity contribution is -0.128. The van der Waals surface area contributed by atoms with Crippen molar-refractivity contribution in [2.75, 3.05) is 13.0 Å². The molecule has 0 unspecified atom stereocenters. The van der Waals surface area contributed by atoms with E-state index in [1.165, 1.54) is 0 Å². The molecule has 1 saturated heterocycles. The third-order valence-corrected chi connectivity index (χ3v) is 1.02. The molecule has 1 aliphatic rings. The molecule has 0 spiro atoms. The van der Waals surface area contributed by atoms with Crippen LogP contribution in [0.4, 0.5) is 0 Å². The average molecular weight is 114 g/mol.